The molecule has 78 valence electrons. The molecule has 2 aromatic rings. The first-order valence-electron chi connectivity index (χ1n) is 4.16. The van der Waals surface area contributed by atoms with E-state index in [2.05, 4.69) is 36.8 Å². The van der Waals surface area contributed by atoms with Crippen molar-refractivity contribution in [3.05, 3.63) is 38.2 Å². The maximum absolute atomic E-state index is 5.72. The van der Waals surface area contributed by atoms with Crippen LogP contribution in [0.2, 0.25) is 0 Å². The SMILES string of the molecule is ClCc1csc(-c2cc(Br)cc(Br)c2)n1. The molecule has 0 saturated heterocycles. The fourth-order valence-electron chi connectivity index (χ4n) is 1.18. The van der Waals surface area contributed by atoms with Gasteiger partial charge in [-0.05, 0) is 18.2 Å². The van der Waals surface area contributed by atoms with E-state index in [-0.39, 0.29) is 0 Å². The number of thiazole rings is 1. The van der Waals surface area contributed by atoms with Gasteiger partial charge in [0, 0.05) is 19.9 Å². The highest BCUT2D eigenvalue weighted by Crippen LogP contribution is 2.30. The molecule has 0 aliphatic heterocycles. The van der Waals surface area contributed by atoms with Crippen molar-refractivity contribution in [3.8, 4) is 10.6 Å². The monoisotopic (exact) mass is 365 g/mol. The van der Waals surface area contributed by atoms with E-state index in [9.17, 15) is 0 Å². The van der Waals surface area contributed by atoms with E-state index < -0.39 is 0 Å². The highest BCUT2D eigenvalue weighted by molar-refractivity contribution is 9.11. The van der Waals surface area contributed by atoms with Crippen LogP contribution in [0.15, 0.2) is 32.5 Å². The minimum absolute atomic E-state index is 0.464. The first-order valence-corrected chi connectivity index (χ1v) is 7.16. The lowest BCUT2D eigenvalue weighted by Crippen LogP contribution is -1.80. The Kier molecular flexibility index (Phi) is 3.83. The zero-order valence-electron chi connectivity index (χ0n) is 7.51. The Labute approximate surface area is 114 Å². The Hall–Kier alpha value is 0.1000. The predicted octanol–water partition coefficient (Wildman–Crippen LogP) is 5.07. The van der Waals surface area contributed by atoms with Crippen LogP contribution < -0.4 is 0 Å². The van der Waals surface area contributed by atoms with E-state index >= 15 is 0 Å². The average molecular weight is 367 g/mol. The molecule has 5 heteroatoms. The van der Waals surface area contributed by atoms with Crippen LogP contribution in [0.3, 0.4) is 0 Å². The number of alkyl halides is 1. The minimum atomic E-state index is 0.464. The number of nitrogens with zero attached hydrogens (tertiary/aromatic N) is 1. The average Bonchev–Trinajstić information content (AvgIpc) is 2.64. The van der Waals surface area contributed by atoms with Crippen molar-refractivity contribution in [1.82, 2.24) is 4.98 Å². The minimum Gasteiger partial charge on any atom is -0.240 e. The van der Waals surface area contributed by atoms with Crippen molar-refractivity contribution in [2.24, 2.45) is 0 Å². The van der Waals surface area contributed by atoms with E-state index in [4.69, 9.17) is 11.6 Å². The summed E-state index contributed by atoms with van der Waals surface area (Å²) in [6, 6.07) is 6.09. The van der Waals surface area contributed by atoms with Gasteiger partial charge in [0.05, 0.1) is 11.6 Å². The second kappa shape index (κ2) is 4.95. The van der Waals surface area contributed by atoms with Crippen molar-refractivity contribution in [2.45, 2.75) is 5.88 Å². The normalized spacial score (nSPS) is 10.6. The van der Waals surface area contributed by atoms with Gasteiger partial charge in [-0.3, -0.25) is 0 Å². The van der Waals surface area contributed by atoms with E-state index in [0.29, 0.717) is 5.88 Å². The summed E-state index contributed by atoms with van der Waals surface area (Å²) >= 11 is 14.2. The molecule has 0 radical (unpaired) electrons. The van der Waals surface area contributed by atoms with Crippen LogP contribution in [0.5, 0.6) is 0 Å². The first-order chi connectivity index (χ1) is 7.19. The summed E-state index contributed by atoms with van der Waals surface area (Å²) < 4.78 is 2.07. The Balaban J connectivity index is 2.44. The van der Waals surface area contributed by atoms with Gasteiger partial charge in [-0.2, -0.15) is 0 Å². The van der Waals surface area contributed by atoms with Crippen molar-refractivity contribution in [2.75, 3.05) is 0 Å². The molecule has 1 aromatic carbocycles. The van der Waals surface area contributed by atoms with Gasteiger partial charge in [-0.1, -0.05) is 31.9 Å². The zero-order chi connectivity index (χ0) is 10.8. The van der Waals surface area contributed by atoms with E-state index in [1.165, 1.54) is 0 Å². The van der Waals surface area contributed by atoms with Gasteiger partial charge in [-0.15, -0.1) is 22.9 Å². The largest absolute Gasteiger partial charge is 0.240 e. The lowest BCUT2D eigenvalue weighted by molar-refractivity contribution is 1.23. The van der Waals surface area contributed by atoms with Crippen molar-refractivity contribution in [3.63, 3.8) is 0 Å². The molecule has 1 nitrogen and oxygen atoms in total. The van der Waals surface area contributed by atoms with Crippen LogP contribution in [0.25, 0.3) is 10.6 Å². The quantitative estimate of drug-likeness (QED) is 0.675. The molecule has 0 atom stereocenters. The van der Waals surface area contributed by atoms with Crippen LogP contribution in [0.1, 0.15) is 5.69 Å². The third-order valence-corrected chi connectivity index (χ3v) is 3.93. The van der Waals surface area contributed by atoms with Crippen LogP contribution in [0, 0.1) is 0 Å². The zero-order valence-corrected chi connectivity index (χ0v) is 12.3. The number of rotatable bonds is 2. The van der Waals surface area contributed by atoms with Gasteiger partial charge in [0.25, 0.3) is 0 Å². The van der Waals surface area contributed by atoms with Gasteiger partial charge in [0.1, 0.15) is 5.01 Å². The second-order valence-corrected chi connectivity index (χ2v) is 5.89. The van der Waals surface area contributed by atoms with Gasteiger partial charge in [-0.25, -0.2) is 4.98 Å². The molecule has 0 unspecified atom stereocenters. The third kappa shape index (κ3) is 2.81. The Morgan fingerprint density at radius 1 is 1.20 bits per heavy atom. The molecule has 15 heavy (non-hydrogen) atoms. The smallest absolute Gasteiger partial charge is 0.123 e. The third-order valence-electron chi connectivity index (χ3n) is 1.80. The molecule has 0 aliphatic rings. The van der Waals surface area contributed by atoms with E-state index in [1.807, 2.05) is 23.6 Å². The van der Waals surface area contributed by atoms with E-state index in [1.54, 1.807) is 11.3 Å². The molecule has 0 aliphatic carbocycles. The second-order valence-electron chi connectivity index (χ2n) is 2.94. The highest BCUT2D eigenvalue weighted by Gasteiger charge is 2.05. The van der Waals surface area contributed by atoms with E-state index in [0.717, 1.165) is 25.2 Å². The molecule has 1 heterocycles. The van der Waals surface area contributed by atoms with Crippen LogP contribution in [-0.4, -0.2) is 4.98 Å². The Bertz CT molecular complexity index is 464. The Morgan fingerprint density at radius 2 is 1.87 bits per heavy atom. The van der Waals surface area contributed by atoms with Crippen LogP contribution >= 0.6 is 54.8 Å². The molecular formula is C10H6Br2ClNS. The molecule has 0 spiro atoms. The van der Waals surface area contributed by atoms with Gasteiger partial charge in [0.15, 0.2) is 0 Å². The van der Waals surface area contributed by atoms with Crippen LogP contribution in [-0.2, 0) is 5.88 Å². The summed E-state index contributed by atoms with van der Waals surface area (Å²) in [6.07, 6.45) is 0. The Morgan fingerprint density at radius 3 is 2.40 bits per heavy atom. The lowest BCUT2D eigenvalue weighted by Gasteiger charge is -1.99. The number of hydrogen-bond donors (Lipinski definition) is 0. The maximum atomic E-state index is 5.72. The molecule has 1 aromatic heterocycles. The molecular weight excluding hydrogens is 361 g/mol. The number of halogens is 3. The molecule has 0 saturated carbocycles. The standard InChI is InChI=1S/C10H6Br2ClNS/c11-7-1-6(2-8(12)3-7)10-14-9(4-13)5-15-10/h1-3,5H,4H2. The van der Waals surface area contributed by atoms with Crippen LogP contribution in [0.4, 0.5) is 0 Å². The summed E-state index contributed by atoms with van der Waals surface area (Å²) in [5, 5.41) is 2.98. The molecule has 2 rings (SSSR count). The predicted molar refractivity (Wildman–Crippen MR) is 72.5 cm³/mol. The van der Waals surface area contributed by atoms with Crippen molar-refractivity contribution in [1.29, 1.82) is 0 Å². The van der Waals surface area contributed by atoms with Gasteiger partial charge in [0.2, 0.25) is 0 Å². The fraction of sp³-hybridized carbons (Fsp3) is 0.100. The van der Waals surface area contributed by atoms with Crippen molar-refractivity contribution >= 4 is 54.8 Å². The highest BCUT2D eigenvalue weighted by atomic mass is 79.9. The first kappa shape index (κ1) is 11.6. The summed E-state index contributed by atoms with van der Waals surface area (Å²) in [5.41, 5.74) is 2.02. The maximum Gasteiger partial charge on any atom is 0.123 e. The summed E-state index contributed by atoms with van der Waals surface area (Å²) in [5.74, 6) is 0.464. The number of hydrogen-bond acceptors (Lipinski definition) is 2. The molecule has 0 amide bonds. The van der Waals surface area contributed by atoms with Gasteiger partial charge < -0.3 is 0 Å². The lowest BCUT2D eigenvalue weighted by atomic mass is 10.2. The van der Waals surface area contributed by atoms with Gasteiger partial charge >= 0.3 is 0 Å². The molecule has 0 N–H and O–H groups in total. The molecule has 0 fully saturated rings. The fourth-order valence-corrected chi connectivity index (χ4v) is 3.51. The topological polar surface area (TPSA) is 12.9 Å². The number of aromatic nitrogens is 1. The number of benzene rings is 1. The summed E-state index contributed by atoms with van der Waals surface area (Å²) in [4.78, 5) is 4.43. The van der Waals surface area contributed by atoms with Crippen molar-refractivity contribution < 1.29 is 0 Å². The summed E-state index contributed by atoms with van der Waals surface area (Å²) in [6.45, 7) is 0. The summed E-state index contributed by atoms with van der Waals surface area (Å²) in [7, 11) is 0. The molecule has 0 bridgehead atoms.